The standard InChI is InChI=1S/C18H18ClN3O4/c1-11-8-13(19)3-5-15(11)21-17(25)6-7-18(26)22-20-10-12-2-4-14(23)9-16(12)24/h2-5,8-10,23-24H,6-7H2,1H3,(H,21,25)(H,22,26)/b20-10+. The Morgan fingerprint density at radius 2 is 1.85 bits per heavy atom. The molecule has 0 atom stereocenters. The highest BCUT2D eigenvalue weighted by Gasteiger charge is 2.08. The zero-order valence-corrected chi connectivity index (χ0v) is 14.7. The van der Waals surface area contributed by atoms with Gasteiger partial charge in [0.1, 0.15) is 11.5 Å². The lowest BCUT2D eigenvalue weighted by molar-refractivity contribution is -0.124. The smallest absolute Gasteiger partial charge is 0.240 e. The number of aryl methyl sites for hydroxylation is 1. The Morgan fingerprint density at radius 1 is 1.12 bits per heavy atom. The van der Waals surface area contributed by atoms with Crippen LogP contribution in [0, 0.1) is 6.92 Å². The number of amides is 2. The second-order valence-corrected chi connectivity index (χ2v) is 5.98. The van der Waals surface area contributed by atoms with Crippen molar-refractivity contribution < 1.29 is 19.8 Å². The Labute approximate surface area is 155 Å². The molecule has 0 aliphatic carbocycles. The fourth-order valence-corrected chi connectivity index (χ4v) is 2.30. The van der Waals surface area contributed by atoms with Crippen molar-refractivity contribution in [2.24, 2.45) is 5.10 Å². The van der Waals surface area contributed by atoms with Crippen molar-refractivity contribution in [1.29, 1.82) is 0 Å². The van der Waals surface area contributed by atoms with Crippen LogP contribution in [0.15, 0.2) is 41.5 Å². The topological polar surface area (TPSA) is 111 Å². The van der Waals surface area contributed by atoms with E-state index < -0.39 is 5.91 Å². The molecule has 2 aromatic carbocycles. The molecule has 0 heterocycles. The summed E-state index contributed by atoms with van der Waals surface area (Å²) in [5.74, 6) is -0.987. The second-order valence-electron chi connectivity index (χ2n) is 5.54. The van der Waals surface area contributed by atoms with Gasteiger partial charge >= 0.3 is 0 Å². The maximum absolute atomic E-state index is 11.9. The van der Waals surface area contributed by atoms with Crippen LogP contribution in [0.1, 0.15) is 24.0 Å². The molecule has 0 aliphatic heterocycles. The van der Waals surface area contributed by atoms with E-state index in [-0.39, 0.29) is 30.2 Å². The monoisotopic (exact) mass is 375 g/mol. The van der Waals surface area contributed by atoms with Gasteiger partial charge in [-0.1, -0.05) is 11.6 Å². The molecule has 2 rings (SSSR count). The van der Waals surface area contributed by atoms with E-state index in [1.807, 2.05) is 6.92 Å². The molecular formula is C18H18ClN3O4. The number of hydrazone groups is 1. The van der Waals surface area contributed by atoms with Gasteiger partial charge in [-0.15, -0.1) is 0 Å². The summed E-state index contributed by atoms with van der Waals surface area (Å²) in [5.41, 5.74) is 4.07. The molecular weight excluding hydrogens is 358 g/mol. The number of phenolic OH excluding ortho intramolecular Hbond substituents is 2. The van der Waals surface area contributed by atoms with Crippen LogP contribution in [-0.2, 0) is 9.59 Å². The number of phenols is 2. The van der Waals surface area contributed by atoms with Gasteiger partial charge in [0.05, 0.1) is 6.21 Å². The molecule has 8 heteroatoms. The van der Waals surface area contributed by atoms with Crippen molar-refractivity contribution >= 4 is 35.3 Å². The van der Waals surface area contributed by atoms with E-state index in [2.05, 4.69) is 15.8 Å². The van der Waals surface area contributed by atoms with Crippen molar-refractivity contribution in [3.63, 3.8) is 0 Å². The Kier molecular flexibility index (Phi) is 6.57. The van der Waals surface area contributed by atoms with Crippen molar-refractivity contribution in [2.45, 2.75) is 19.8 Å². The number of carbonyl (C=O) groups is 2. The molecule has 7 nitrogen and oxygen atoms in total. The summed E-state index contributed by atoms with van der Waals surface area (Å²) in [6, 6.07) is 9.09. The molecule has 0 aromatic heterocycles. The van der Waals surface area contributed by atoms with Gasteiger partial charge < -0.3 is 15.5 Å². The minimum atomic E-state index is -0.442. The lowest BCUT2D eigenvalue weighted by atomic mass is 10.2. The first-order valence-corrected chi connectivity index (χ1v) is 8.13. The Balaban J connectivity index is 1.79. The molecule has 0 spiro atoms. The predicted octanol–water partition coefficient (Wildman–Crippen LogP) is 2.93. The van der Waals surface area contributed by atoms with Crippen LogP contribution >= 0.6 is 11.6 Å². The van der Waals surface area contributed by atoms with E-state index in [1.165, 1.54) is 18.3 Å². The first-order chi connectivity index (χ1) is 12.3. The molecule has 2 aromatic rings. The highest BCUT2D eigenvalue weighted by Crippen LogP contribution is 2.21. The number of carbonyl (C=O) groups excluding carboxylic acids is 2. The Hall–Kier alpha value is -3.06. The molecule has 0 bridgehead atoms. The molecule has 0 radical (unpaired) electrons. The number of aromatic hydroxyl groups is 2. The molecule has 0 aliphatic rings. The van der Waals surface area contributed by atoms with E-state index in [0.29, 0.717) is 16.3 Å². The van der Waals surface area contributed by atoms with Crippen molar-refractivity contribution in [1.82, 2.24) is 5.43 Å². The molecule has 0 fully saturated rings. The number of nitrogens with one attached hydrogen (secondary N) is 2. The van der Waals surface area contributed by atoms with Crippen molar-refractivity contribution in [3.8, 4) is 11.5 Å². The van der Waals surface area contributed by atoms with E-state index in [4.69, 9.17) is 11.6 Å². The van der Waals surface area contributed by atoms with Gasteiger partial charge in [-0.2, -0.15) is 5.10 Å². The van der Waals surface area contributed by atoms with E-state index in [9.17, 15) is 19.8 Å². The van der Waals surface area contributed by atoms with Crippen LogP contribution in [0.5, 0.6) is 11.5 Å². The quantitative estimate of drug-likeness (QED) is 0.459. The fourth-order valence-electron chi connectivity index (χ4n) is 2.08. The number of hydrogen-bond donors (Lipinski definition) is 4. The lowest BCUT2D eigenvalue weighted by Gasteiger charge is -2.08. The van der Waals surface area contributed by atoms with Gasteiger partial charge in [0.2, 0.25) is 11.8 Å². The average molecular weight is 376 g/mol. The Morgan fingerprint density at radius 3 is 2.54 bits per heavy atom. The molecule has 136 valence electrons. The molecule has 4 N–H and O–H groups in total. The highest BCUT2D eigenvalue weighted by molar-refractivity contribution is 6.30. The van der Waals surface area contributed by atoms with E-state index in [1.54, 1.807) is 18.2 Å². The number of nitrogens with zero attached hydrogens (tertiary/aromatic N) is 1. The zero-order valence-electron chi connectivity index (χ0n) is 14.0. The van der Waals surface area contributed by atoms with E-state index in [0.717, 1.165) is 11.6 Å². The molecule has 2 amide bonds. The summed E-state index contributed by atoms with van der Waals surface area (Å²) in [6.07, 6.45) is 1.19. The van der Waals surface area contributed by atoms with Gasteiger partial charge in [-0.3, -0.25) is 9.59 Å². The summed E-state index contributed by atoms with van der Waals surface area (Å²) < 4.78 is 0. The lowest BCUT2D eigenvalue weighted by Crippen LogP contribution is -2.20. The van der Waals surface area contributed by atoms with Crippen molar-refractivity contribution in [3.05, 3.63) is 52.5 Å². The van der Waals surface area contributed by atoms with Gasteiger partial charge in [0.25, 0.3) is 0 Å². The average Bonchev–Trinajstić information content (AvgIpc) is 2.57. The van der Waals surface area contributed by atoms with Crippen LogP contribution in [-0.4, -0.2) is 28.2 Å². The summed E-state index contributed by atoms with van der Waals surface area (Å²) in [6.45, 7) is 1.82. The van der Waals surface area contributed by atoms with Crippen LogP contribution in [0.2, 0.25) is 5.02 Å². The zero-order chi connectivity index (χ0) is 19.1. The van der Waals surface area contributed by atoms with Gasteiger partial charge in [0.15, 0.2) is 0 Å². The fraction of sp³-hybridized carbons (Fsp3) is 0.167. The summed E-state index contributed by atoms with van der Waals surface area (Å²) in [7, 11) is 0. The van der Waals surface area contributed by atoms with Gasteiger partial charge in [-0.25, -0.2) is 5.43 Å². The SMILES string of the molecule is Cc1cc(Cl)ccc1NC(=O)CCC(=O)N/N=C/c1ccc(O)cc1O. The molecule has 0 saturated carbocycles. The molecule has 26 heavy (non-hydrogen) atoms. The van der Waals surface area contributed by atoms with Crippen molar-refractivity contribution in [2.75, 3.05) is 5.32 Å². The number of benzene rings is 2. The molecule has 0 saturated heterocycles. The third kappa shape index (κ3) is 5.78. The van der Waals surface area contributed by atoms with Crippen LogP contribution in [0.3, 0.4) is 0 Å². The number of anilines is 1. The first kappa shape index (κ1) is 19.3. The highest BCUT2D eigenvalue weighted by atomic mass is 35.5. The minimum absolute atomic E-state index is 0.00607. The van der Waals surface area contributed by atoms with E-state index >= 15 is 0 Å². The van der Waals surface area contributed by atoms with Gasteiger partial charge in [0, 0.05) is 35.2 Å². The first-order valence-electron chi connectivity index (χ1n) is 7.75. The predicted molar refractivity (Wildman–Crippen MR) is 99.6 cm³/mol. The third-order valence-electron chi connectivity index (χ3n) is 3.45. The summed E-state index contributed by atoms with van der Waals surface area (Å²) in [4.78, 5) is 23.6. The summed E-state index contributed by atoms with van der Waals surface area (Å²) >= 11 is 5.86. The number of halogens is 1. The maximum atomic E-state index is 11.9. The minimum Gasteiger partial charge on any atom is -0.508 e. The summed E-state index contributed by atoms with van der Waals surface area (Å²) in [5, 5.41) is 25.8. The van der Waals surface area contributed by atoms with Gasteiger partial charge in [-0.05, 0) is 42.8 Å². The maximum Gasteiger partial charge on any atom is 0.240 e. The molecule has 0 unspecified atom stereocenters. The Bertz CT molecular complexity index is 852. The largest absolute Gasteiger partial charge is 0.508 e. The van der Waals surface area contributed by atoms with Crippen LogP contribution < -0.4 is 10.7 Å². The number of hydrogen-bond acceptors (Lipinski definition) is 5. The third-order valence-corrected chi connectivity index (χ3v) is 3.68. The van der Waals surface area contributed by atoms with Crippen LogP contribution in [0.25, 0.3) is 0 Å². The normalized spacial score (nSPS) is 10.7. The second kappa shape index (κ2) is 8.87. The number of rotatable bonds is 6. The van der Waals surface area contributed by atoms with Crippen LogP contribution in [0.4, 0.5) is 5.69 Å².